The number of halogens is 2. The number of aromatic nitrogens is 3. The number of nitrogens with zero attached hydrogens (tertiary/aromatic N) is 4. The minimum absolute atomic E-state index is 0.0806. The molecule has 0 fully saturated rings. The van der Waals surface area contributed by atoms with Gasteiger partial charge in [0, 0.05) is 28.8 Å². The predicted molar refractivity (Wildman–Crippen MR) is 119 cm³/mol. The van der Waals surface area contributed by atoms with Gasteiger partial charge in [-0.25, -0.2) is 23.7 Å². The molecule has 1 unspecified atom stereocenters. The molecular formula is C21H22F2N6OS. The molecule has 0 bridgehead atoms. The van der Waals surface area contributed by atoms with Crippen LogP contribution in [0.3, 0.4) is 0 Å². The Kier molecular flexibility index (Phi) is 5.42. The molecule has 31 heavy (non-hydrogen) atoms. The Bertz CT molecular complexity index is 1190. The van der Waals surface area contributed by atoms with Crippen LogP contribution in [0.15, 0.2) is 35.6 Å². The first kappa shape index (κ1) is 21.2. The Balaban J connectivity index is 1.80. The number of rotatable bonds is 4. The number of ether oxygens (including phenoxy) is 1. The van der Waals surface area contributed by atoms with Gasteiger partial charge in [0.2, 0.25) is 5.88 Å². The van der Waals surface area contributed by atoms with Crippen LogP contribution in [0.25, 0.3) is 11.0 Å². The van der Waals surface area contributed by atoms with Gasteiger partial charge in [-0.05, 0) is 25.0 Å². The van der Waals surface area contributed by atoms with Crippen LogP contribution in [0.5, 0.6) is 5.88 Å². The molecule has 3 aromatic rings. The van der Waals surface area contributed by atoms with Crippen LogP contribution in [-0.4, -0.2) is 32.5 Å². The number of hydrogen-bond acceptors (Lipinski definition) is 8. The van der Waals surface area contributed by atoms with Crippen LogP contribution in [0.4, 0.5) is 20.3 Å². The van der Waals surface area contributed by atoms with Gasteiger partial charge in [0.15, 0.2) is 22.6 Å². The molecule has 3 N–H and O–H groups in total. The normalized spacial score (nSPS) is 23.5. The molecule has 1 aliphatic heterocycles. The minimum atomic E-state index is -1.02. The van der Waals surface area contributed by atoms with Crippen LogP contribution in [0.1, 0.15) is 26.3 Å². The lowest BCUT2D eigenvalue weighted by Crippen LogP contribution is -2.41. The summed E-state index contributed by atoms with van der Waals surface area (Å²) in [7, 11) is 1.50. The molecule has 7 nitrogen and oxygen atoms in total. The lowest BCUT2D eigenvalue weighted by Gasteiger charge is -2.40. The van der Waals surface area contributed by atoms with Gasteiger partial charge in [-0.1, -0.05) is 25.6 Å². The summed E-state index contributed by atoms with van der Waals surface area (Å²) in [5.41, 5.74) is 6.44. The Morgan fingerprint density at radius 3 is 2.74 bits per heavy atom. The van der Waals surface area contributed by atoms with Crippen LogP contribution >= 0.6 is 11.8 Å². The fraction of sp³-hybridized carbons (Fsp3) is 0.333. The lowest BCUT2D eigenvalue weighted by molar-refractivity contribution is 0.308. The smallest absolute Gasteiger partial charge is 0.232 e. The summed E-state index contributed by atoms with van der Waals surface area (Å²) >= 11 is 1.43. The van der Waals surface area contributed by atoms with Crippen molar-refractivity contribution in [1.82, 2.24) is 15.0 Å². The number of nitrogens with one attached hydrogen (secondary N) is 1. The maximum atomic E-state index is 14.9. The number of anilines is 2. The maximum Gasteiger partial charge on any atom is 0.232 e. The average molecular weight is 445 g/mol. The van der Waals surface area contributed by atoms with E-state index in [-0.39, 0.29) is 16.7 Å². The fourth-order valence-corrected chi connectivity index (χ4v) is 4.79. The number of fused-ring (bicyclic) bond motifs is 1. The lowest BCUT2D eigenvalue weighted by atomic mass is 9.78. The quantitative estimate of drug-likeness (QED) is 0.617. The zero-order chi connectivity index (χ0) is 22.3. The van der Waals surface area contributed by atoms with Crippen molar-refractivity contribution >= 4 is 39.5 Å². The Labute approximate surface area is 182 Å². The molecule has 0 saturated heterocycles. The van der Waals surface area contributed by atoms with E-state index in [2.05, 4.69) is 25.3 Å². The molecule has 162 valence electrons. The van der Waals surface area contributed by atoms with E-state index in [1.807, 2.05) is 13.8 Å². The van der Waals surface area contributed by atoms with Crippen molar-refractivity contribution in [3.05, 3.63) is 47.8 Å². The summed E-state index contributed by atoms with van der Waals surface area (Å²) in [5, 5.41) is 3.48. The largest absolute Gasteiger partial charge is 0.480 e. The summed E-state index contributed by atoms with van der Waals surface area (Å²) in [6.07, 6.45) is 3.02. The van der Waals surface area contributed by atoms with Crippen molar-refractivity contribution in [3.63, 3.8) is 0 Å². The Morgan fingerprint density at radius 1 is 1.23 bits per heavy atom. The van der Waals surface area contributed by atoms with Crippen molar-refractivity contribution in [2.45, 2.75) is 31.6 Å². The van der Waals surface area contributed by atoms with E-state index in [0.717, 1.165) is 6.07 Å². The monoisotopic (exact) mass is 444 g/mol. The van der Waals surface area contributed by atoms with E-state index < -0.39 is 17.2 Å². The standard InChI is InChI=1S/C21H22F2N6OS/c1-10-11(2)31-20(24)29-21(10,3)13-7-12(8-14(22)17(13)23)27-19-18-15(5-6-25-19)28-16(30-4)9-26-18/h5-11H,1-4H3,(H2,24,29)(H,25,27)/t10-,11?,21+/m1/s1. The van der Waals surface area contributed by atoms with Crippen LogP contribution in [0.2, 0.25) is 0 Å². The molecule has 0 amide bonds. The van der Waals surface area contributed by atoms with Gasteiger partial charge >= 0.3 is 0 Å². The second kappa shape index (κ2) is 7.92. The minimum Gasteiger partial charge on any atom is -0.480 e. The maximum absolute atomic E-state index is 14.9. The number of methoxy groups -OCH3 is 1. The highest BCUT2D eigenvalue weighted by atomic mass is 32.2. The predicted octanol–water partition coefficient (Wildman–Crippen LogP) is 4.36. The molecule has 0 aliphatic carbocycles. The molecule has 0 spiro atoms. The van der Waals surface area contributed by atoms with Crippen molar-refractivity contribution in [3.8, 4) is 5.88 Å². The molecule has 1 aromatic carbocycles. The summed E-state index contributed by atoms with van der Waals surface area (Å²) in [5.74, 6) is -1.28. The first-order valence-electron chi connectivity index (χ1n) is 9.67. The summed E-state index contributed by atoms with van der Waals surface area (Å²) < 4.78 is 34.7. The van der Waals surface area contributed by atoms with Crippen LogP contribution in [-0.2, 0) is 5.54 Å². The van der Waals surface area contributed by atoms with Gasteiger partial charge < -0.3 is 15.8 Å². The molecule has 0 saturated carbocycles. The molecule has 2 aromatic heterocycles. The number of aliphatic imine (C=N–C) groups is 1. The second-order valence-corrected chi connectivity index (χ2v) is 8.99. The van der Waals surface area contributed by atoms with Crippen LogP contribution in [0, 0.1) is 17.6 Å². The summed E-state index contributed by atoms with van der Waals surface area (Å²) in [6, 6.07) is 4.32. The highest BCUT2D eigenvalue weighted by Crippen LogP contribution is 2.45. The first-order chi connectivity index (χ1) is 14.7. The van der Waals surface area contributed by atoms with Crippen molar-refractivity contribution in [2.24, 2.45) is 16.6 Å². The van der Waals surface area contributed by atoms with E-state index in [1.165, 1.54) is 25.1 Å². The number of nitrogens with two attached hydrogens (primary N) is 1. The number of hydrogen-bond donors (Lipinski definition) is 2. The molecule has 1 aliphatic rings. The molecule has 0 radical (unpaired) electrons. The average Bonchev–Trinajstić information content (AvgIpc) is 2.74. The van der Waals surface area contributed by atoms with Gasteiger partial charge in [-0.3, -0.25) is 4.99 Å². The summed E-state index contributed by atoms with van der Waals surface area (Å²) in [6.45, 7) is 5.73. The van der Waals surface area contributed by atoms with Gasteiger partial charge in [0.25, 0.3) is 0 Å². The molecular weight excluding hydrogens is 422 g/mol. The number of benzene rings is 1. The number of amidine groups is 1. The number of thioether (sulfide) groups is 1. The zero-order valence-electron chi connectivity index (χ0n) is 17.5. The van der Waals surface area contributed by atoms with Crippen molar-refractivity contribution in [1.29, 1.82) is 0 Å². The van der Waals surface area contributed by atoms with Crippen molar-refractivity contribution < 1.29 is 13.5 Å². The highest BCUT2D eigenvalue weighted by Gasteiger charge is 2.42. The Hall–Kier alpha value is -3.01. The Morgan fingerprint density at radius 2 is 2.00 bits per heavy atom. The van der Waals surface area contributed by atoms with Gasteiger partial charge in [0.05, 0.1) is 24.4 Å². The molecule has 4 rings (SSSR count). The fourth-order valence-electron chi connectivity index (χ4n) is 3.70. The van der Waals surface area contributed by atoms with Gasteiger partial charge in [-0.15, -0.1) is 0 Å². The van der Waals surface area contributed by atoms with E-state index in [4.69, 9.17) is 10.5 Å². The van der Waals surface area contributed by atoms with E-state index in [0.29, 0.717) is 33.6 Å². The van der Waals surface area contributed by atoms with E-state index in [9.17, 15) is 8.78 Å². The van der Waals surface area contributed by atoms with E-state index >= 15 is 0 Å². The molecule has 3 atom stereocenters. The third-order valence-electron chi connectivity index (χ3n) is 5.72. The SMILES string of the molecule is COc1cnc2c(Nc3cc(F)c(F)c([C@@]4(C)N=C(N)SC(C)[C@H]4C)c3)nccc2n1. The highest BCUT2D eigenvalue weighted by molar-refractivity contribution is 8.14. The van der Waals surface area contributed by atoms with E-state index in [1.54, 1.807) is 25.3 Å². The molecule has 3 heterocycles. The topological polar surface area (TPSA) is 98.3 Å². The second-order valence-electron chi connectivity index (χ2n) is 7.59. The zero-order valence-corrected chi connectivity index (χ0v) is 18.3. The third-order valence-corrected chi connectivity index (χ3v) is 6.84. The molecule has 10 heteroatoms. The van der Waals surface area contributed by atoms with Crippen molar-refractivity contribution in [2.75, 3.05) is 12.4 Å². The first-order valence-corrected chi connectivity index (χ1v) is 10.5. The summed E-state index contributed by atoms with van der Waals surface area (Å²) in [4.78, 5) is 17.4. The van der Waals surface area contributed by atoms with Gasteiger partial charge in [-0.2, -0.15) is 0 Å². The van der Waals surface area contributed by atoms with Crippen LogP contribution < -0.4 is 15.8 Å². The van der Waals surface area contributed by atoms with Gasteiger partial charge in [0.1, 0.15) is 5.52 Å². The third kappa shape index (κ3) is 3.76. The number of pyridine rings is 1.